The van der Waals surface area contributed by atoms with Gasteiger partial charge in [0, 0.05) is 19.6 Å². The van der Waals surface area contributed by atoms with Crippen LogP contribution in [0.25, 0.3) is 0 Å². The summed E-state index contributed by atoms with van der Waals surface area (Å²) in [6.07, 6.45) is 1.71. The van der Waals surface area contributed by atoms with E-state index in [0.29, 0.717) is 23.9 Å². The molecule has 26 heavy (non-hydrogen) atoms. The Bertz CT molecular complexity index is 870. The molecular formula is C18H21FN2O3S2. The predicted octanol–water partition coefficient (Wildman–Crippen LogP) is 3.24. The highest BCUT2D eigenvalue weighted by molar-refractivity contribution is 7.91. The maximum Gasteiger partial charge on any atom is 0.261 e. The number of benzene rings is 1. The Morgan fingerprint density at radius 2 is 1.85 bits per heavy atom. The third kappa shape index (κ3) is 4.31. The molecule has 1 amide bonds. The van der Waals surface area contributed by atoms with Crippen LogP contribution in [-0.4, -0.2) is 31.7 Å². The van der Waals surface area contributed by atoms with Crippen LogP contribution in [0.5, 0.6) is 0 Å². The van der Waals surface area contributed by atoms with Crippen molar-refractivity contribution in [1.82, 2.24) is 9.62 Å². The minimum Gasteiger partial charge on any atom is -0.347 e. The monoisotopic (exact) mass is 396 g/mol. The van der Waals surface area contributed by atoms with Gasteiger partial charge < -0.3 is 5.32 Å². The Hall–Kier alpha value is -1.77. The maximum absolute atomic E-state index is 12.9. The van der Waals surface area contributed by atoms with Crippen LogP contribution in [0.3, 0.4) is 0 Å². The molecule has 0 spiro atoms. The van der Waals surface area contributed by atoms with Gasteiger partial charge in [0.25, 0.3) is 15.9 Å². The number of amides is 1. The largest absolute Gasteiger partial charge is 0.347 e. The van der Waals surface area contributed by atoms with Gasteiger partial charge in [-0.15, -0.1) is 11.3 Å². The third-order valence-corrected chi connectivity index (χ3v) is 7.96. The van der Waals surface area contributed by atoms with E-state index in [1.54, 1.807) is 12.1 Å². The first-order valence-electron chi connectivity index (χ1n) is 8.49. The zero-order chi connectivity index (χ0) is 18.7. The quantitative estimate of drug-likeness (QED) is 0.844. The van der Waals surface area contributed by atoms with Crippen molar-refractivity contribution in [2.24, 2.45) is 5.92 Å². The summed E-state index contributed by atoms with van der Waals surface area (Å²) in [7, 11) is -3.54. The van der Waals surface area contributed by atoms with Gasteiger partial charge in [-0.25, -0.2) is 12.8 Å². The van der Waals surface area contributed by atoms with Gasteiger partial charge >= 0.3 is 0 Å². The first-order chi connectivity index (χ1) is 12.4. The molecule has 0 radical (unpaired) electrons. The average Bonchev–Trinajstić information content (AvgIpc) is 3.12. The number of hydrogen-bond donors (Lipinski definition) is 1. The zero-order valence-electron chi connectivity index (χ0n) is 14.4. The van der Waals surface area contributed by atoms with E-state index >= 15 is 0 Å². The van der Waals surface area contributed by atoms with Crippen LogP contribution in [0.2, 0.25) is 0 Å². The number of sulfonamides is 1. The van der Waals surface area contributed by atoms with Gasteiger partial charge in [-0.3, -0.25) is 4.79 Å². The molecule has 5 nitrogen and oxygen atoms in total. The van der Waals surface area contributed by atoms with Crippen molar-refractivity contribution in [3.05, 3.63) is 52.7 Å². The van der Waals surface area contributed by atoms with Crippen molar-refractivity contribution in [1.29, 1.82) is 0 Å². The number of rotatable bonds is 5. The van der Waals surface area contributed by atoms with Crippen LogP contribution in [0, 0.1) is 11.7 Å². The van der Waals surface area contributed by atoms with Crippen LogP contribution >= 0.6 is 11.3 Å². The molecule has 0 unspecified atom stereocenters. The second-order valence-electron chi connectivity index (χ2n) is 6.51. The number of piperidine rings is 1. The lowest BCUT2D eigenvalue weighted by molar-refractivity contribution is 0.0955. The highest BCUT2D eigenvalue weighted by Gasteiger charge is 2.29. The van der Waals surface area contributed by atoms with E-state index in [-0.39, 0.29) is 22.5 Å². The fourth-order valence-corrected chi connectivity index (χ4v) is 5.65. The highest BCUT2D eigenvalue weighted by Crippen LogP contribution is 2.28. The minimum absolute atomic E-state index is 0.194. The molecule has 0 aliphatic carbocycles. The lowest BCUT2D eigenvalue weighted by Crippen LogP contribution is -2.37. The Balaban J connectivity index is 1.64. The molecule has 3 rings (SSSR count). The van der Waals surface area contributed by atoms with Crippen molar-refractivity contribution in [2.45, 2.75) is 30.5 Å². The van der Waals surface area contributed by atoms with Crippen molar-refractivity contribution in [3.63, 3.8) is 0 Å². The molecular weight excluding hydrogens is 375 g/mol. The normalized spacial score (nSPS) is 16.5. The Morgan fingerprint density at radius 3 is 2.50 bits per heavy atom. The van der Waals surface area contributed by atoms with E-state index in [1.807, 2.05) is 0 Å². The summed E-state index contributed by atoms with van der Waals surface area (Å²) in [5.74, 6) is -0.133. The predicted molar refractivity (Wildman–Crippen MR) is 99.0 cm³/mol. The molecule has 1 fully saturated rings. The molecule has 1 aliphatic rings. The number of carbonyl (C=O) groups excluding carboxylic acids is 1. The summed E-state index contributed by atoms with van der Waals surface area (Å²) in [5.41, 5.74) is 0.770. The van der Waals surface area contributed by atoms with E-state index in [0.717, 1.165) is 29.7 Å². The number of nitrogens with zero attached hydrogens (tertiary/aromatic N) is 1. The summed E-state index contributed by atoms with van der Waals surface area (Å²) < 4.78 is 40.0. The smallest absolute Gasteiger partial charge is 0.261 e. The van der Waals surface area contributed by atoms with Gasteiger partial charge in [0.05, 0.1) is 4.88 Å². The maximum atomic E-state index is 12.9. The highest BCUT2D eigenvalue weighted by atomic mass is 32.2. The summed E-state index contributed by atoms with van der Waals surface area (Å²) in [5, 5.41) is 2.73. The van der Waals surface area contributed by atoms with Crippen LogP contribution in [-0.2, 0) is 16.6 Å². The molecule has 1 aliphatic heterocycles. The molecule has 0 bridgehead atoms. The van der Waals surface area contributed by atoms with E-state index in [1.165, 1.54) is 28.6 Å². The van der Waals surface area contributed by atoms with Crippen LogP contribution in [0.1, 0.15) is 35.0 Å². The van der Waals surface area contributed by atoms with E-state index < -0.39 is 10.0 Å². The number of halogens is 1. The Labute approximate surface area is 156 Å². The summed E-state index contributed by atoms with van der Waals surface area (Å²) in [4.78, 5) is 12.6. The van der Waals surface area contributed by atoms with Gasteiger partial charge in [-0.2, -0.15) is 4.31 Å². The summed E-state index contributed by atoms with van der Waals surface area (Å²) in [6, 6.07) is 8.87. The molecule has 1 N–H and O–H groups in total. The molecule has 1 aromatic carbocycles. The number of thiophene rings is 1. The molecule has 1 aromatic heterocycles. The van der Waals surface area contributed by atoms with Crippen LogP contribution < -0.4 is 5.32 Å². The van der Waals surface area contributed by atoms with Crippen molar-refractivity contribution < 1.29 is 17.6 Å². The summed E-state index contributed by atoms with van der Waals surface area (Å²) >= 11 is 0.978. The second-order valence-corrected chi connectivity index (χ2v) is 9.76. The number of nitrogens with one attached hydrogen (secondary N) is 1. The minimum atomic E-state index is -3.54. The topological polar surface area (TPSA) is 66.5 Å². The van der Waals surface area contributed by atoms with Gasteiger partial charge in [0.15, 0.2) is 0 Å². The molecule has 2 heterocycles. The van der Waals surface area contributed by atoms with Gasteiger partial charge in [-0.05, 0) is 48.6 Å². The van der Waals surface area contributed by atoms with Crippen LogP contribution in [0.4, 0.5) is 4.39 Å². The summed E-state index contributed by atoms with van der Waals surface area (Å²) in [6.45, 7) is 3.42. The SMILES string of the molecule is CC1CCN(S(=O)(=O)c2ccc(C(=O)NCc3ccc(F)cc3)s2)CC1. The first-order valence-corrected chi connectivity index (χ1v) is 10.7. The van der Waals surface area contributed by atoms with Gasteiger partial charge in [0.2, 0.25) is 0 Å². The Morgan fingerprint density at radius 1 is 1.19 bits per heavy atom. The standard InChI is InChI=1S/C18H21FN2O3S2/c1-13-8-10-21(11-9-13)26(23,24)17-7-6-16(25-17)18(22)20-12-14-2-4-15(19)5-3-14/h2-7,13H,8-12H2,1H3,(H,20,22). The van der Waals surface area contributed by atoms with Gasteiger partial charge in [-0.1, -0.05) is 19.1 Å². The molecule has 0 atom stereocenters. The number of hydrogen-bond acceptors (Lipinski definition) is 4. The van der Waals surface area contributed by atoms with E-state index in [9.17, 15) is 17.6 Å². The van der Waals surface area contributed by atoms with Crippen molar-refractivity contribution >= 4 is 27.3 Å². The van der Waals surface area contributed by atoms with Gasteiger partial charge in [0.1, 0.15) is 10.0 Å². The number of carbonyl (C=O) groups is 1. The van der Waals surface area contributed by atoms with E-state index in [4.69, 9.17) is 0 Å². The lowest BCUT2D eigenvalue weighted by atomic mass is 10.0. The average molecular weight is 397 g/mol. The molecule has 8 heteroatoms. The van der Waals surface area contributed by atoms with E-state index in [2.05, 4.69) is 12.2 Å². The fourth-order valence-electron chi connectivity index (χ4n) is 2.81. The van der Waals surface area contributed by atoms with Crippen molar-refractivity contribution in [3.8, 4) is 0 Å². The lowest BCUT2D eigenvalue weighted by Gasteiger charge is -2.28. The third-order valence-electron chi connectivity index (χ3n) is 4.51. The molecule has 140 valence electrons. The molecule has 0 saturated carbocycles. The first kappa shape index (κ1) is 19.0. The Kier molecular flexibility index (Phi) is 5.74. The second kappa shape index (κ2) is 7.85. The molecule has 1 saturated heterocycles. The van der Waals surface area contributed by atoms with Crippen LogP contribution in [0.15, 0.2) is 40.6 Å². The van der Waals surface area contributed by atoms with Crippen molar-refractivity contribution in [2.75, 3.05) is 13.1 Å². The fraction of sp³-hybridized carbons (Fsp3) is 0.389. The molecule has 2 aromatic rings. The zero-order valence-corrected chi connectivity index (χ0v) is 16.1.